The van der Waals surface area contributed by atoms with E-state index < -0.39 is 38.4 Å². The molecule has 10 nitrogen and oxygen atoms in total. The third-order valence-electron chi connectivity index (χ3n) is 6.35. The maximum Gasteiger partial charge on any atom is 0.261 e. The molecule has 0 aliphatic carbocycles. The van der Waals surface area contributed by atoms with E-state index in [4.69, 9.17) is 9.16 Å². The average molecular weight is 467 g/mol. The number of nitrogens with one attached hydrogen (secondary N) is 2. The predicted molar refractivity (Wildman–Crippen MR) is 123 cm³/mol. The number of hydrogen-bond acceptors (Lipinski definition) is 7. The van der Waals surface area contributed by atoms with Gasteiger partial charge >= 0.3 is 0 Å². The van der Waals surface area contributed by atoms with E-state index in [1.807, 2.05) is 0 Å². The molecular weight excluding hydrogens is 432 g/mol. The Balaban J connectivity index is 2.05. The second-order valence-corrected chi connectivity index (χ2v) is 14.9. The summed E-state index contributed by atoms with van der Waals surface area (Å²) >= 11 is 0. The Labute approximate surface area is 188 Å². The molecule has 178 valence electrons. The Hall–Kier alpha value is -2.05. The molecule has 11 heteroatoms. The lowest BCUT2D eigenvalue weighted by atomic mass is 10.1. The molecule has 2 aromatic rings. The monoisotopic (exact) mass is 466 g/mol. The van der Waals surface area contributed by atoms with E-state index in [1.165, 1.54) is 0 Å². The van der Waals surface area contributed by atoms with Crippen molar-refractivity contribution < 1.29 is 24.2 Å². The van der Waals surface area contributed by atoms with Crippen LogP contribution in [-0.4, -0.2) is 63.9 Å². The largest absolute Gasteiger partial charge is 0.407 e. The van der Waals surface area contributed by atoms with E-state index in [1.54, 1.807) is 30.7 Å². The third-order valence-corrected chi connectivity index (χ3v) is 10.8. The van der Waals surface area contributed by atoms with Crippen molar-refractivity contribution in [2.45, 2.75) is 77.3 Å². The Morgan fingerprint density at radius 1 is 1.41 bits per heavy atom. The zero-order valence-corrected chi connectivity index (χ0v) is 20.7. The first kappa shape index (κ1) is 24.6. The molecule has 0 saturated carbocycles. The van der Waals surface area contributed by atoms with Crippen molar-refractivity contribution in [3.8, 4) is 0 Å². The standard InChI is InChI=1S/C21H34N4O6Si/c1-11(2)17(28)23-20-22-16-12(18(29)24-20)8-9-25(16)19-15(14(27)13(10-26)30-19)31-32(6,7)21(3,4)5/h8-9,11,13-15,19,26-27H,10H2,1-7H3,(H2,22,23,24,28,29)/t13-,14?,15+,19-/m1/s1. The summed E-state index contributed by atoms with van der Waals surface area (Å²) in [7, 11) is -2.31. The van der Waals surface area contributed by atoms with Gasteiger partial charge < -0.3 is 23.9 Å². The van der Waals surface area contributed by atoms with Gasteiger partial charge in [0.2, 0.25) is 11.9 Å². The van der Waals surface area contributed by atoms with Gasteiger partial charge in [-0.05, 0) is 24.2 Å². The molecule has 0 bridgehead atoms. The predicted octanol–water partition coefficient (Wildman–Crippen LogP) is 1.96. The highest BCUT2D eigenvalue weighted by Crippen LogP contribution is 2.42. The highest BCUT2D eigenvalue weighted by atomic mass is 28.4. The first-order valence-electron chi connectivity index (χ1n) is 10.8. The number of amides is 1. The van der Waals surface area contributed by atoms with Crippen molar-refractivity contribution in [2.75, 3.05) is 11.9 Å². The van der Waals surface area contributed by atoms with Crippen molar-refractivity contribution in [1.29, 1.82) is 0 Å². The van der Waals surface area contributed by atoms with Crippen LogP contribution in [0.5, 0.6) is 0 Å². The minimum Gasteiger partial charge on any atom is -0.407 e. The van der Waals surface area contributed by atoms with Crippen LogP contribution in [0.1, 0.15) is 40.8 Å². The molecule has 32 heavy (non-hydrogen) atoms. The van der Waals surface area contributed by atoms with E-state index in [2.05, 4.69) is 49.1 Å². The van der Waals surface area contributed by atoms with E-state index in [0.29, 0.717) is 5.39 Å². The molecule has 1 aliphatic rings. The van der Waals surface area contributed by atoms with Gasteiger partial charge in [0, 0.05) is 12.1 Å². The molecule has 1 amide bonds. The van der Waals surface area contributed by atoms with Crippen LogP contribution in [0.25, 0.3) is 11.0 Å². The number of aromatic amines is 1. The van der Waals surface area contributed by atoms with Crippen molar-refractivity contribution in [3.05, 3.63) is 22.6 Å². The van der Waals surface area contributed by atoms with Crippen LogP contribution in [0.2, 0.25) is 18.1 Å². The van der Waals surface area contributed by atoms with Crippen LogP contribution in [0.3, 0.4) is 0 Å². The highest BCUT2D eigenvalue weighted by Gasteiger charge is 2.50. The molecule has 0 spiro atoms. The van der Waals surface area contributed by atoms with E-state index in [9.17, 15) is 19.8 Å². The van der Waals surface area contributed by atoms with Gasteiger partial charge in [0.1, 0.15) is 18.3 Å². The minimum atomic E-state index is -2.31. The summed E-state index contributed by atoms with van der Waals surface area (Å²) in [5.41, 5.74) is -0.126. The first-order valence-corrected chi connectivity index (χ1v) is 13.7. The van der Waals surface area contributed by atoms with Gasteiger partial charge in [-0.3, -0.25) is 19.9 Å². The molecule has 2 aromatic heterocycles. The molecule has 0 radical (unpaired) electrons. The van der Waals surface area contributed by atoms with E-state index >= 15 is 0 Å². The smallest absolute Gasteiger partial charge is 0.261 e. The van der Waals surface area contributed by atoms with Crippen LogP contribution in [0.4, 0.5) is 5.95 Å². The number of nitrogens with zero attached hydrogens (tertiary/aromatic N) is 2. The first-order chi connectivity index (χ1) is 14.8. The summed E-state index contributed by atoms with van der Waals surface area (Å²) in [4.78, 5) is 31.7. The minimum absolute atomic E-state index is 0.0280. The topological polar surface area (TPSA) is 139 Å². The molecule has 1 saturated heterocycles. The second-order valence-electron chi connectivity index (χ2n) is 10.1. The van der Waals surface area contributed by atoms with Crippen molar-refractivity contribution in [2.24, 2.45) is 5.92 Å². The zero-order valence-electron chi connectivity index (χ0n) is 19.7. The molecule has 3 heterocycles. The molecule has 1 aliphatic heterocycles. The molecule has 4 atom stereocenters. The summed E-state index contributed by atoms with van der Waals surface area (Å²) in [5, 5.41) is 23.4. The second kappa shape index (κ2) is 8.71. The summed E-state index contributed by atoms with van der Waals surface area (Å²) in [6.07, 6.45) is -1.83. The maximum atomic E-state index is 12.6. The summed E-state index contributed by atoms with van der Waals surface area (Å²) in [5.74, 6) is -0.540. The van der Waals surface area contributed by atoms with Gasteiger partial charge in [-0.2, -0.15) is 4.98 Å². The van der Waals surface area contributed by atoms with Crippen LogP contribution < -0.4 is 10.9 Å². The van der Waals surface area contributed by atoms with Crippen LogP contribution in [0.15, 0.2) is 17.1 Å². The normalized spacial score (nSPS) is 24.4. The van der Waals surface area contributed by atoms with Crippen molar-refractivity contribution >= 4 is 31.2 Å². The number of H-pyrrole nitrogens is 1. The van der Waals surface area contributed by atoms with Crippen molar-refractivity contribution in [1.82, 2.24) is 14.5 Å². The maximum absolute atomic E-state index is 12.6. The number of fused-ring (bicyclic) bond motifs is 1. The Morgan fingerprint density at radius 2 is 2.06 bits per heavy atom. The lowest BCUT2D eigenvalue weighted by Crippen LogP contribution is -2.48. The molecule has 1 fully saturated rings. The molecule has 3 rings (SSSR count). The Bertz CT molecular complexity index is 1040. The molecule has 4 N–H and O–H groups in total. The van der Waals surface area contributed by atoms with Crippen LogP contribution >= 0.6 is 0 Å². The van der Waals surface area contributed by atoms with E-state index in [-0.39, 0.29) is 35.1 Å². The number of aliphatic hydroxyl groups excluding tert-OH is 2. The number of aromatic nitrogens is 3. The quantitative estimate of drug-likeness (QED) is 0.477. The number of aliphatic hydroxyl groups is 2. The molecule has 1 unspecified atom stereocenters. The fraction of sp³-hybridized carbons (Fsp3) is 0.667. The van der Waals surface area contributed by atoms with Crippen LogP contribution in [-0.2, 0) is 14.0 Å². The number of hydrogen-bond donors (Lipinski definition) is 4. The van der Waals surface area contributed by atoms with E-state index in [0.717, 1.165) is 0 Å². The fourth-order valence-corrected chi connectivity index (χ4v) is 4.60. The average Bonchev–Trinajstić information content (AvgIpc) is 3.22. The number of anilines is 1. The van der Waals surface area contributed by atoms with Gasteiger partial charge in [0.15, 0.2) is 20.2 Å². The van der Waals surface area contributed by atoms with Gasteiger partial charge in [0.25, 0.3) is 5.56 Å². The number of rotatable bonds is 6. The number of carbonyl (C=O) groups excluding carboxylic acids is 1. The molecule has 0 aromatic carbocycles. The van der Waals surface area contributed by atoms with Crippen LogP contribution in [0, 0.1) is 5.92 Å². The summed E-state index contributed by atoms with van der Waals surface area (Å²) in [6.45, 7) is 13.5. The van der Waals surface area contributed by atoms with Crippen molar-refractivity contribution in [3.63, 3.8) is 0 Å². The van der Waals surface area contributed by atoms with Gasteiger partial charge in [-0.1, -0.05) is 34.6 Å². The highest BCUT2D eigenvalue weighted by molar-refractivity contribution is 6.74. The SMILES string of the molecule is CC(C)C(=O)Nc1nc2c(ccn2[C@@H]2O[C@H](CO)C(O)[C@@H]2O[Si](C)(C)C(C)(C)C)c(=O)[nH]1. The lowest BCUT2D eigenvalue weighted by molar-refractivity contribution is -0.118. The fourth-order valence-electron chi connectivity index (χ4n) is 3.31. The molecular formula is C21H34N4O6Si. The summed E-state index contributed by atoms with van der Waals surface area (Å²) < 4.78 is 14.1. The van der Waals surface area contributed by atoms with Gasteiger partial charge in [-0.15, -0.1) is 0 Å². The Kier molecular flexibility index (Phi) is 6.69. The van der Waals surface area contributed by atoms with Gasteiger partial charge in [-0.25, -0.2) is 0 Å². The zero-order chi connectivity index (χ0) is 24.0. The lowest BCUT2D eigenvalue weighted by Gasteiger charge is -2.40. The third kappa shape index (κ3) is 4.53. The summed E-state index contributed by atoms with van der Waals surface area (Å²) in [6, 6.07) is 1.60. The Morgan fingerprint density at radius 3 is 2.62 bits per heavy atom. The number of ether oxygens (including phenoxy) is 1. The van der Waals surface area contributed by atoms with Gasteiger partial charge in [0.05, 0.1) is 12.0 Å². The number of carbonyl (C=O) groups is 1.